The van der Waals surface area contributed by atoms with Crippen molar-refractivity contribution in [2.24, 2.45) is 0 Å². The van der Waals surface area contributed by atoms with Crippen LogP contribution in [0.15, 0.2) is 45.4 Å². The molecule has 0 saturated carbocycles. The maximum absolute atomic E-state index is 12.2. The van der Waals surface area contributed by atoms with Gasteiger partial charge in [0.2, 0.25) is 10.0 Å². The molecule has 1 N–H and O–H groups in total. The fourth-order valence-electron chi connectivity index (χ4n) is 2.15. The number of sulfonamides is 1. The molecule has 0 spiro atoms. The fourth-order valence-corrected chi connectivity index (χ4v) is 4.52. The number of hydrogen-bond acceptors (Lipinski definition) is 5. The third-order valence-electron chi connectivity index (χ3n) is 3.35. The van der Waals surface area contributed by atoms with E-state index in [9.17, 15) is 8.42 Å². The van der Waals surface area contributed by atoms with E-state index in [0.717, 1.165) is 22.4 Å². The molecule has 0 amide bonds. The van der Waals surface area contributed by atoms with Crippen LogP contribution in [-0.4, -0.2) is 19.9 Å². The molecule has 2 aromatic heterocycles. The molecule has 0 radical (unpaired) electrons. The smallest absolute Gasteiger partial charge is 0.250 e. The van der Waals surface area contributed by atoms with Gasteiger partial charge in [0, 0.05) is 11.4 Å². The molecule has 2 heterocycles. The first-order chi connectivity index (χ1) is 10.6. The summed E-state index contributed by atoms with van der Waals surface area (Å²) in [5, 5.41) is 0. The average Bonchev–Trinajstić information content (AvgIpc) is 3.15. The van der Waals surface area contributed by atoms with Crippen LogP contribution in [0.1, 0.15) is 17.4 Å². The van der Waals surface area contributed by atoms with E-state index in [1.807, 2.05) is 31.2 Å². The third-order valence-corrected chi connectivity index (χ3v) is 6.53. The van der Waals surface area contributed by atoms with Crippen molar-refractivity contribution in [1.82, 2.24) is 9.71 Å². The van der Waals surface area contributed by atoms with Crippen LogP contribution in [0.5, 0.6) is 0 Å². The molecule has 5 nitrogen and oxygen atoms in total. The molecule has 3 rings (SSSR count). The van der Waals surface area contributed by atoms with E-state index < -0.39 is 10.0 Å². The number of benzene rings is 1. The van der Waals surface area contributed by atoms with E-state index in [1.165, 1.54) is 17.7 Å². The van der Waals surface area contributed by atoms with Crippen LogP contribution in [0, 0.1) is 0 Å². The number of nitrogens with zero attached hydrogens (tertiary/aromatic N) is 1. The van der Waals surface area contributed by atoms with Crippen molar-refractivity contribution in [3.8, 4) is 0 Å². The van der Waals surface area contributed by atoms with Gasteiger partial charge in [0.1, 0.15) is 9.73 Å². The maximum atomic E-state index is 12.2. The average molecular weight is 336 g/mol. The van der Waals surface area contributed by atoms with E-state index in [-0.39, 0.29) is 0 Å². The minimum Gasteiger partial charge on any atom is -0.443 e. The van der Waals surface area contributed by atoms with Gasteiger partial charge >= 0.3 is 0 Å². The standard InChI is InChI=1S/C15H16N2O3S2/c1-2-12-4-6-15(21-12)22(18,19)17-8-7-11-3-5-13-14(9-11)20-10-16-13/h3-6,9-10,17H,2,7-8H2,1H3. The molecule has 0 aliphatic carbocycles. The van der Waals surface area contributed by atoms with Gasteiger partial charge in [-0.05, 0) is 42.7 Å². The van der Waals surface area contributed by atoms with Gasteiger partial charge in [-0.15, -0.1) is 11.3 Å². The van der Waals surface area contributed by atoms with Crippen LogP contribution in [0.2, 0.25) is 0 Å². The Kier molecular flexibility index (Phi) is 4.28. The first-order valence-corrected chi connectivity index (χ1v) is 9.29. The van der Waals surface area contributed by atoms with Gasteiger partial charge in [-0.2, -0.15) is 0 Å². The Morgan fingerprint density at radius 3 is 2.91 bits per heavy atom. The van der Waals surface area contributed by atoms with Gasteiger partial charge in [0.15, 0.2) is 12.0 Å². The number of rotatable bonds is 6. The summed E-state index contributed by atoms with van der Waals surface area (Å²) in [5.41, 5.74) is 2.52. The normalized spacial score (nSPS) is 12.0. The molecule has 0 fully saturated rings. The van der Waals surface area contributed by atoms with Gasteiger partial charge in [0.25, 0.3) is 0 Å². The first kappa shape index (κ1) is 15.2. The Labute approximate surface area is 133 Å². The lowest BCUT2D eigenvalue weighted by atomic mass is 10.1. The molecule has 3 aromatic rings. The predicted molar refractivity (Wildman–Crippen MR) is 86.6 cm³/mol. The zero-order chi connectivity index (χ0) is 15.6. The zero-order valence-electron chi connectivity index (χ0n) is 12.1. The predicted octanol–water partition coefficient (Wildman–Crippen LogP) is 2.97. The summed E-state index contributed by atoms with van der Waals surface area (Å²) in [7, 11) is -3.42. The van der Waals surface area contributed by atoms with Crippen molar-refractivity contribution >= 4 is 32.5 Å². The highest BCUT2D eigenvalue weighted by atomic mass is 32.2. The Balaban J connectivity index is 1.64. The van der Waals surface area contributed by atoms with Crippen molar-refractivity contribution < 1.29 is 12.8 Å². The minimum atomic E-state index is -3.42. The number of oxazole rings is 1. The lowest BCUT2D eigenvalue weighted by molar-refractivity contribution is 0.583. The first-order valence-electron chi connectivity index (χ1n) is 6.99. The molecule has 0 aliphatic heterocycles. The molecule has 22 heavy (non-hydrogen) atoms. The highest BCUT2D eigenvalue weighted by Crippen LogP contribution is 2.21. The van der Waals surface area contributed by atoms with E-state index in [0.29, 0.717) is 22.8 Å². The highest BCUT2D eigenvalue weighted by Gasteiger charge is 2.15. The van der Waals surface area contributed by atoms with Gasteiger partial charge in [-0.1, -0.05) is 13.0 Å². The second-order valence-electron chi connectivity index (χ2n) is 4.88. The molecule has 0 unspecified atom stereocenters. The molecule has 1 aromatic carbocycles. The van der Waals surface area contributed by atoms with Crippen LogP contribution in [-0.2, 0) is 22.9 Å². The number of fused-ring (bicyclic) bond motifs is 1. The summed E-state index contributed by atoms with van der Waals surface area (Å²) in [5.74, 6) is 0. The quantitative estimate of drug-likeness (QED) is 0.751. The molecule has 0 aliphatic rings. The van der Waals surface area contributed by atoms with Crippen LogP contribution < -0.4 is 4.72 Å². The second-order valence-corrected chi connectivity index (χ2v) is 8.04. The topological polar surface area (TPSA) is 72.2 Å². The summed E-state index contributed by atoms with van der Waals surface area (Å²) in [4.78, 5) is 5.12. The van der Waals surface area contributed by atoms with Crippen molar-refractivity contribution in [2.75, 3.05) is 6.54 Å². The number of aromatic nitrogens is 1. The Morgan fingerprint density at radius 1 is 1.27 bits per heavy atom. The van der Waals surface area contributed by atoms with Gasteiger partial charge in [0.05, 0.1) is 0 Å². The lowest BCUT2D eigenvalue weighted by Crippen LogP contribution is -2.25. The van der Waals surface area contributed by atoms with E-state index in [4.69, 9.17) is 4.42 Å². The molecule has 7 heteroatoms. The molecule has 116 valence electrons. The molecule has 0 saturated heterocycles. The summed E-state index contributed by atoms with van der Waals surface area (Å²) >= 11 is 1.32. The Hall–Kier alpha value is -1.70. The van der Waals surface area contributed by atoms with Crippen LogP contribution in [0.4, 0.5) is 0 Å². The summed E-state index contributed by atoms with van der Waals surface area (Å²) in [6, 6.07) is 9.20. The Bertz CT molecular complexity index is 881. The molecule has 0 bridgehead atoms. The van der Waals surface area contributed by atoms with Crippen molar-refractivity contribution in [2.45, 2.75) is 24.0 Å². The second kappa shape index (κ2) is 6.20. The number of hydrogen-bond donors (Lipinski definition) is 1. The van der Waals surface area contributed by atoms with Crippen LogP contribution in [0.25, 0.3) is 11.1 Å². The van der Waals surface area contributed by atoms with E-state index in [2.05, 4.69) is 9.71 Å². The summed E-state index contributed by atoms with van der Waals surface area (Å²) in [6.45, 7) is 2.36. The number of nitrogens with one attached hydrogen (secondary N) is 1. The fraction of sp³-hybridized carbons (Fsp3) is 0.267. The SMILES string of the molecule is CCc1ccc(S(=O)(=O)NCCc2ccc3ncoc3c2)s1. The third kappa shape index (κ3) is 3.21. The monoisotopic (exact) mass is 336 g/mol. The van der Waals surface area contributed by atoms with Gasteiger partial charge < -0.3 is 4.42 Å². The molecular formula is C15H16N2O3S2. The van der Waals surface area contributed by atoms with E-state index >= 15 is 0 Å². The van der Waals surface area contributed by atoms with Crippen molar-refractivity contribution in [1.29, 1.82) is 0 Å². The summed E-state index contributed by atoms with van der Waals surface area (Å²) < 4.78 is 32.6. The maximum Gasteiger partial charge on any atom is 0.250 e. The summed E-state index contributed by atoms with van der Waals surface area (Å²) in [6.07, 6.45) is 2.85. The van der Waals surface area contributed by atoms with Gasteiger partial charge in [-0.25, -0.2) is 18.1 Å². The van der Waals surface area contributed by atoms with Crippen molar-refractivity contribution in [3.05, 3.63) is 47.2 Å². The highest BCUT2D eigenvalue weighted by molar-refractivity contribution is 7.91. The van der Waals surface area contributed by atoms with Crippen LogP contribution in [0.3, 0.4) is 0 Å². The van der Waals surface area contributed by atoms with Crippen molar-refractivity contribution in [3.63, 3.8) is 0 Å². The van der Waals surface area contributed by atoms with Gasteiger partial charge in [-0.3, -0.25) is 0 Å². The largest absolute Gasteiger partial charge is 0.443 e. The molecule has 0 atom stereocenters. The number of aryl methyl sites for hydroxylation is 1. The van der Waals surface area contributed by atoms with E-state index in [1.54, 1.807) is 6.07 Å². The zero-order valence-corrected chi connectivity index (χ0v) is 13.7. The Morgan fingerprint density at radius 2 is 2.14 bits per heavy atom. The minimum absolute atomic E-state index is 0.349. The van der Waals surface area contributed by atoms with Crippen LogP contribution >= 0.6 is 11.3 Å². The lowest BCUT2D eigenvalue weighted by Gasteiger charge is -2.05. The number of thiophene rings is 1. The molecular weight excluding hydrogens is 320 g/mol.